The molecule has 0 amide bonds. The van der Waals surface area contributed by atoms with Gasteiger partial charge >= 0.3 is 23.0 Å². The molecule has 9 aromatic rings. The first-order valence-electron chi connectivity index (χ1n) is 29.6. The summed E-state index contributed by atoms with van der Waals surface area (Å²) in [6.07, 6.45) is 0. The molecule has 0 spiro atoms. The SMILES string of the molecule is Cc1ccc(S(=O)(=O)N2c3ccc4c(c3-c3c(ccc5c3OCO5)N(S(=O)(=O)c3ccc(C)cc3)P2(=O)O)OCO4)cc1.Cc1ccc(S(=O)(=O)N2c3ccc4c(c3-c3c(ccc5c3OCO5)NP2(=O)O)OCO4)cc1.O=P1(O)Nc2ccc3c(c2-c2c(ccc4c2OCO4)N1)OCO3. The Balaban J connectivity index is 0.000000121. The molecule has 30 nitrogen and oxygen atoms in total. The van der Waals surface area contributed by atoms with Gasteiger partial charge in [-0.15, -0.1) is 0 Å². The van der Waals surface area contributed by atoms with Crippen molar-refractivity contribution in [1.82, 2.24) is 0 Å². The van der Waals surface area contributed by atoms with Crippen molar-refractivity contribution in [2.75, 3.05) is 68.2 Å². The molecule has 1 atom stereocenters. The highest BCUT2D eigenvalue weighted by Gasteiger charge is 2.56. The lowest BCUT2D eigenvalue weighted by Gasteiger charge is -2.34. The number of benzene rings is 9. The molecule has 0 saturated carbocycles. The lowest BCUT2D eigenvalue weighted by molar-refractivity contribution is 0.173. The average molecular weight is 1470 g/mol. The van der Waals surface area contributed by atoms with E-state index in [0.29, 0.717) is 72.4 Å². The van der Waals surface area contributed by atoms with E-state index >= 15 is 0 Å². The molecule has 0 radical (unpaired) electrons. The third-order valence-electron chi connectivity index (χ3n) is 16.7. The largest absolute Gasteiger partial charge is 0.454 e. The summed E-state index contributed by atoms with van der Waals surface area (Å²) in [5, 5.41) is 7.80. The highest BCUT2D eigenvalue weighted by atomic mass is 32.2. The highest BCUT2D eigenvalue weighted by molar-refractivity contribution is 8.06. The number of ether oxygens (including phenoxy) is 12. The number of nitrogens with zero attached hydrogens (tertiary/aromatic N) is 3. The van der Waals surface area contributed by atoms with Crippen LogP contribution in [0.4, 0.5) is 34.1 Å². The van der Waals surface area contributed by atoms with Gasteiger partial charge in [0.15, 0.2) is 69.0 Å². The van der Waals surface area contributed by atoms with E-state index in [1.165, 1.54) is 103 Å². The highest BCUT2D eigenvalue weighted by Crippen LogP contribution is 2.70. The fourth-order valence-electron chi connectivity index (χ4n) is 12.3. The summed E-state index contributed by atoms with van der Waals surface area (Å²) < 4.78 is 194. The molecule has 0 bridgehead atoms. The van der Waals surface area contributed by atoms with Crippen LogP contribution in [0.3, 0.4) is 0 Å². The molecule has 9 aliphatic heterocycles. The van der Waals surface area contributed by atoms with Gasteiger partial charge in [-0.25, -0.2) is 38.9 Å². The van der Waals surface area contributed by atoms with Crippen LogP contribution in [0.5, 0.6) is 69.0 Å². The topological polar surface area (TPSA) is 371 Å². The molecular formula is C63H51N6O24P3S3. The van der Waals surface area contributed by atoms with Gasteiger partial charge in [-0.3, -0.25) is 15.3 Å². The van der Waals surface area contributed by atoms with E-state index in [-0.39, 0.29) is 132 Å². The second-order valence-corrected chi connectivity index (χ2v) is 34.2. The first-order chi connectivity index (χ1) is 47.3. The van der Waals surface area contributed by atoms with Gasteiger partial charge < -0.3 is 71.5 Å². The minimum Gasteiger partial charge on any atom is -0.454 e. The third-order valence-corrected chi connectivity index (χ3v) is 28.8. The monoisotopic (exact) mass is 1460 g/mol. The van der Waals surface area contributed by atoms with E-state index < -0.39 is 53.1 Å². The van der Waals surface area contributed by atoms with Crippen LogP contribution in [0, 0.1) is 20.8 Å². The van der Waals surface area contributed by atoms with E-state index in [1.54, 1.807) is 56.3 Å². The summed E-state index contributed by atoms with van der Waals surface area (Å²) in [5.41, 5.74) is 4.53. The van der Waals surface area contributed by atoms with Crippen molar-refractivity contribution in [2.24, 2.45) is 0 Å². The second-order valence-electron chi connectivity index (χ2n) is 22.9. The van der Waals surface area contributed by atoms with Crippen LogP contribution in [0.1, 0.15) is 16.7 Å². The number of aryl methyl sites for hydroxylation is 3. The average Bonchev–Trinajstić information content (AvgIpc) is 1.56. The molecule has 0 aromatic heterocycles. The lowest BCUT2D eigenvalue weighted by atomic mass is 9.99. The number of hydrogen-bond donors (Lipinski definition) is 6. The van der Waals surface area contributed by atoms with Crippen LogP contribution >= 0.6 is 23.0 Å². The normalized spacial score (nSPS) is 18.1. The van der Waals surface area contributed by atoms with Crippen molar-refractivity contribution in [3.05, 3.63) is 162 Å². The minimum atomic E-state index is -5.66. The van der Waals surface area contributed by atoms with Crippen molar-refractivity contribution in [3.8, 4) is 102 Å². The maximum Gasteiger partial charge on any atom is 0.422 e. The Morgan fingerprint density at radius 1 is 0.313 bits per heavy atom. The fraction of sp³-hybridized carbons (Fsp3) is 0.143. The van der Waals surface area contributed by atoms with Gasteiger partial charge in [0.25, 0.3) is 30.1 Å². The van der Waals surface area contributed by atoms with Crippen LogP contribution < -0.4 is 84.3 Å². The summed E-state index contributed by atoms with van der Waals surface area (Å²) >= 11 is 0. The smallest absolute Gasteiger partial charge is 0.422 e. The van der Waals surface area contributed by atoms with E-state index in [1.807, 2.05) is 6.92 Å². The van der Waals surface area contributed by atoms with Crippen molar-refractivity contribution in [1.29, 1.82) is 0 Å². The molecular weight excluding hydrogens is 1410 g/mol. The Bertz CT molecular complexity index is 5270. The molecule has 9 aromatic carbocycles. The number of anilines is 6. The molecule has 0 saturated heterocycles. The summed E-state index contributed by atoms with van der Waals surface area (Å²) in [7, 11) is -28.6. The zero-order chi connectivity index (χ0) is 68.9. The quantitative estimate of drug-likeness (QED) is 0.0842. The van der Waals surface area contributed by atoms with Crippen molar-refractivity contribution in [2.45, 2.75) is 35.5 Å². The summed E-state index contributed by atoms with van der Waals surface area (Å²) in [6.45, 7) is 4.94. The standard InChI is InChI=1S/C28H23N2O10PS2.C21H17N2O8PS.C14H11N2O6P/c1-17-3-7-19(8-4-17)42(33,34)29-21-11-13-23-27(39-15-37-23)25(21)26-22(12-14-24-28(26)40-16-38-24)30(41(29,31)32)43(35,36)20-9-5-18(2)6-10-20;1-12-2-4-13(5-3-12)33(26,27)23-15-7-9-17-21(31-11-29-17)19(15)18-14(22-32(23,24)25)6-8-16-20(18)30-10-28-16;17-23(18)15-7-1-3-9-13(21-5-19-9)11(7)12-8(16-23)2-4-10-14(12)22-6-20-10/h3-14H,15-16H2,1-2H3,(H,31,32);2-9H,10-11H2,1H3,(H2,22,24,25);1-4H,5-6H2,(H3,15,16,17,18). The molecule has 99 heavy (non-hydrogen) atoms. The van der Waals surface area contributed by atoms with E-state index in [2.05, 4.69) is 15.3 Å². The number of nitrogens with one attached hydrogen (secondary N) is 3. The Hall–Kier alpha value is -10.2. The van der Waals surface area contributed by atoms with Crippen molar-refractivity contribution >= 4 is 87.2 Å². The van der Waals surface area contributed by atoms with Crippen molar-refractivity contribution < 1.29 is 110 Å². The molecule has 9 aliphatic rings. The first-order valence-corrected chi connectivity index (χ1v) is 38.7. The van der Waals surface area contributed by atoms with Crippen LogP contribution in [0.25, 0.3) is 33.4 Å². The van der Waals surface area contributed by atoms with Crippen LogP contribution in [-0.4, -0.2) is 80.7 Å². The van der Waals surface area contributed by atoms with E-state index in [9.17, 15) is 53.6 Å². The summed E-state index contributed by atoms with van der Waals surface area (Å²) in [5.74, 6) is 4.01. The summed E-state index contributed by atoms with van der Waals surface area (Å²) in [6, 6.07) is 35.4. The van der Waals surface area contributed by atoms with Gasteiger partial charge in [0, 0.05) is 0 Å². The predicted molar refractivity (Wildman–Crippen MR) is 355 cm³/mol. The summed E-state index contributed by atoms with van der Waals surface area (Å²) in [4.78, 5) is 32.5. The van der Waals surface area contributed by atoms with Gasteiger partial charge in [0.1, 0.15) is 0 Å². The van der Waals surface area contributed by atoms with Gasteiger partial charge in [-0.2, -0.15) is 12.2 Å². The fourth-order valence-corrected chi connectivity index (χ4v) is 23.7. The number of rotatable bonds is 6. The molecule has 0 fully saturated rings. The van der Waals surface area contributed by atoms with Gasteiger partial charge in [-0.05, 0) is 130 Å². The maximum absolute atomic E-state index is 14.9. The van der Waals surface area contributed by atoms with E-state index in [0.717, 1.165) is 16.7 Å². The van der Waals surface area contributed by atoms with Crippen LogP contribution in [0.15, 0.2) is 160 Å². The predicted octanol–water partition coefficient (Wildman–Crippen LogP) is 11.5. The third kappa shape index (κ3) is 10.3. The Labute approximate surface area is 563 Å². The van der Waals surface area contributed by atoms with E-state index in [4.69, 9.17) is 56.8 Å². The van der Waals surface area contributed by atoms with Gasteiger partial charge in [0.2, 0.25) is 40.8 Å². The Morgan fingerprint density at radius 2 is 0.556 bits per heavy atom. The minimum absolute atomic E-state index is 0.0149. The molecule has 510 valence electrons. The number of fused-ring (bicyclic) bond motifs is 21. The zero-order valence-corrected chi connectivity index (χ0v) is 56.6. The Morgan fingerprint density at radius 3 is 0.869 bits per heavy atom. The molecule has 36 heteroatoms. The van der Waals surface area contributed by atoms with Crippen LogP contribution in [-0.2, 0) is 43.8 Å². The molecule has 6 N–H and O–H groups in total. The van der Waals surface area contributed by atoms with Crippen LogP contribution in [0.2, 0.25) is 0 Å². The van der Waals surface area contributed by atoms with Gasteiger partial charge in [0.05, 0.1) is 82.2 Å². The second kappa shape index (κ2) is 22.9. The first kappa shape index (κ1) is 63.5. The molecule has 0 aliphatic carbocycles. The number of hydrogen-bond acceptors (Lipinski definition) is 21. The van der Waals surface area contributed by atoms with Crippen molar-refractivity contribution in [3.63, 3.8) is 0 Å². The maximum atomic E-state index is 14.9. The zero-order valence-electron chi connectivity index (χ0n) is 51.4. The Kier molecular flexibility index (Phi) is 14.7. The van der Waals surface area contributed by atoms with Gasteiger partial charge in [-0.1, -0.05) is 53.1 Å². The number of sulfonamides is 3. The lowest BCUT2D eigenvalue weighted by Crippen LogP contribution is -2.38. The molecule has 1 unspecified atom stereocenters. The molecule has 18 rings (SSSR count). The molecule has 9 heterocycles.